The minimum absolute atomic E-state index is 0.254. The van der Waals surface area contributed by atoms with Crippen molar-refractivity contribution < 1.29 is 9.53 Å². The summed E-state index contributed by atoms with van der Waals surface area (Å²) in [6, 6.07) is 16.6. The second kappa shape index (κ2) is 7.96. The van der Waals surface area contributed by atoms with E-state index in [1.165, 1.54) is 6.33 Å². The van der Waals surface area contributed by atoms with Gasteiger partial charge in [-0.15, -0.1) is 0 Å². The molecule has 7 nitrogen and oxygen atoms in total. The topological polar surface area (TPSA) is 91.9 Å². The van der Waals surface area contributed by atoms with Crippen molar-refractivity contribution in [3.63, 3.8) is 0 Å². The Labute approximate surface area is 145 Å². The molecule has 0 fully saturated rings. The maximum Gasteiger partial charge on any atom is 0.315 e. The number of ether oxygens (including phenoxy) is 1. The van der Waals surface area contributed by atoms with Crippen molar-refractivity contribution in [2.45, 2.75) is 19.5 Å². The fourth-order valence-electron chi connectivity index (χ4n) is 2.27. The Morgan fingerprint density at radius 2 is 1.96 bits per heavy atom. The second-order valence-electron chi connectivity index (χ2n) is 5.48. The number of carbonyl (C=O) groups is 1. The molecule has 3 rings (SSSR count). The molecule has 2 amide bonds. The Hall–Kier alpha value is -3.35. The normalized spacial score (nSPS) is 11.6. The number of nitrogens with zero attached hydrogens (tertiary/aromatic N) is 2. The number of nitrogens with one attached hydrogen (secondary N) is 3. The highest BCUT2D eigenvalue weighted by Crippen LogP contribution is 2.21. The maximum atomic E-state index is 12.0. The number of para-hydroxylation sites is 1. The molecular weight excluding hydrogens is 318 g/mol. The lowest BCUT2D eigenvalue weighted by Gasteiger charge is -2.13. The summed E-state index contributed by atoms with van der Waals surface area (Å²) in [6.07, 6.45) is 1.41. The fourth-order valence-corrected chi connectivity index (χ4v) is 2.27. The van der Waals surface area contributed by atoms with Gasteiger partial charge >= 0.3 is 6.03 Å². The molecular formula is C18H19N5O2. The van der Waals surface area contributed by atoms with Gasteiger partial charge in [0.1, 0.15) is 23.7 Å². The third-order valence-corrected chi connectivity index (χ3v) is 3.52. The summed E-state index contributed by atoms with van der Waals surface area (Å²) < 4.78 is 5.79. The number of amides is 2. The minimum atomic E-state index is -0.279. The SMILES string of the molecule is C[C@H](NC(=O)NCc1cccc(Oc2ccccc2)c1)c1ncn[nH]1. The first-order valence-electron chi connectivity index (χ1n) is 7.92. The van der Waals surface area contributed by atoms with Gasteiger partial charge in [-0.05, 0) is 36.8 Å². The van der Waals surface area contributed by atoms with Crippen LogP contribution in [-0.4, -0.2) is 21.2 Å². The molecule has 0 bridgehead atoms. The van der Waals surface area contributed by atoms with Crippen LogP contribution in [0.15, 0.2) is 60.9 Å². The molecule has 1 aromatic heterocycles. The van der Waals surface area contributed by atoms with Crippen LogP contribution in [0, 0.1) is 0 Å². The molecule has 3 N–H and O–H groups in total. The summed E-state index contributed by atoms with van der Waals surface area (Å²) >= 11 is 0. The van der Waals surface area contributed by atoms with Crippen LogP contribution >= 0.6 is 0 Å². The largest absolute Gasteiger partial charge is 0.457 e. The highest BCUT2D eigenvalue weighted by molar-refractivity contribution is 5.74. The van der Waals surface area contributed by atoms with Gasteiger partial charge in [0.25, 0.3) is 0 Å². The van der Waals surface area contributed by atoms with E-state index in [0.717, 1.165) is 17.1 Å². The number of benzene rings is 2. The number of H-pyrrole nitrogens is 1. The Morgan fingerprint density at radius 1 is 1.16 bits per heavy atom. The van der Waals surface area contributed by atoms with Gasteiger partial charge in [0.2, 0.25) is 0 Å². The molecule has 0 spiro atoms. The van der Waals surface area contributed by atoms with Crippen LogP contribution in [-0.2, 0) is 6.54 Å². The van der Waals surface area contributed by atoms with Gasteiger partial charge in [-0.3, -0.25) is 5.10 Å². The van der Waals surface area contributed by atoms with Crippen LogP contribution in [0.3, 0.4) is 0 Å². The van der Waals surface area contributed by atoms with E-state index < -0.39 is 0 Å². The number of hydrogen-bond donors (Lipinski definition) is 3. The Bertz CT molecular complexity index is 805. The Balaban J connectivity index is 1.53. The summed E-state index contributed by atoms with van der Waals surface area (Å²) in [5, 5.41) is 12.1. The predicted molar refractivity (Wildman–Crippen MR) is 93.1 cm³/mol. The molecule has 0 saturated carbocycles. The molecule has 0 saturated heterocycles. The third-order valence-electron chi connectivity index (χ3n) is 3.52. The van der Waals surface area contributed by atoms with Crippen molar-refractivity contribution in [1.82, 2.24) is 25.8 Å². The lowest BCUT2D eigenvalue weighted by molar-refractivity contribution is 0.237. The van der Waals surface area contributed by atoms with E-state index in [0.29, 0.717) is 12.4 Å². The van der Waals surface area contributed by atoms with Crippen molar-refractivity contribution in [2.75, 3.05) is 0 Å². The molecule has 0 unspecified atom stereocenters. The molecule has 25 heavy (non-hydrogen) atoms. The second-order valence-corrected chi connectivity index (χ2v) is 5.48. The van der Waals surface area contributed by atoms with Crippen molar-refractivity contribution in [1.29, 1.82) is 0 Å². The van der Waals surface area contributed by atoms with Crippen LogP contribution < -0.4 is 15.4 Å². The number of aromatic nitrogens is 3. The maximum absolute atomic E-state index is 12.0. The van der Waals surface area contributed by atoms with E-state index >= 15 is 0 Å². The Kier molecular flexibility index (Phi) is 5.26. The number of urea groups is 1. The average Bonchev–Trinajstić information content (AvgIpc) is 3.16. The standard InChI is InChI=1S/C18H19N5O2/c1-13(17-20-12-21-23-17)22-18(24)19-11-14-6-5-9-16(10-14)25-15-7-3-2-4-8-15/h2-10,12-13H,11H2,1H3,(H2,19,22,24)(H,20,21,23)/t13-/m0/s1. The lowest BCUT2D eigenvalue weighted by Crippen LogP contribution is -2.37. The van der Waals surface area contributed by atoms with Crippen LogP contribution in [0.2, 0.25) is 0 Å². The fraction of sp³-hybridized carbons (Fsp3) is 0.167. The van der Waals surface area contributed by atoms with Crippen LogP contribution in [0.5, 0.6) is 11.5 Å². The van der Waals surface area contributed by atoms with E-state index in [9.17, 15) is 4.79 Å². The zero-order valence-corrected chi connectivity index (χ0v) is 13.8. The van der Waals surface area contributed by atoms with Crippen molar-refractivity contribution >= 4 is 6.03 Å². The average molecular weight is 337 g/mol. The van der Waals surface area contributed by atoms with Crippen LogP contribution in [0.4, 0.5) is 4.79 Å². The summed E-state index contributed by atoms with van der Waals surface area (Å²) in [5.74, 6) is 2.10. The predicted octanol–water partition coefficient (Wildman–Crippen LogP) is 3.16. The summed E-state index contributed by atoms with van der Waals surface area (Å²) in [4.78, 5) is 16.0. The number of aromatic amines is 1. The van der Waals surface area contributed by atoms with E-state index in [2.05, 4.69) is 25.8 Å². The summed E-state index contributed by atoms with van der Waals surface area (Å²) in [5.41, 5.74) is 0.941. The summed E-state index contributed by atoms with van der Waals surface area (Å²) in [6.45, 7) is 2.22. The van der Waals surface area contributed by atoms with E-state index in [1.807, 2.05) is 61.5 Å². The molecule has 1 heterocycles. The molecule has 2 aromatic carbocycles. The molecule has 1 atom stereocenters. The monoisotopic (exact) mass is 337 g/mol. The quantitative estimate of drug-likeness (QED) is 0.644. The van der Waals surface area contributed by atoms with Gasteiger partial charge < -0.3 is 15.4 Å². The molecule has 0 radical (unpaired) electrons. The molecule has 128 valence electrons. The smallest absolute Gasteiger partial charge is 0.315 e. The van der Waals surface area contributed by atoms with Gasteiger partial charge in [-0.1, -0.05) is 30.3 Å². The lowest BCUT2D eigenvalue weighted by atomic mass is 10.2. The van der Waals surface area contributed by atoms with Crippen molar-refractivity contribution in [2.24, 2.45) is 0 Å². The number of hydrogen-bond acceptors (Lipinski definition) is 4. The zero-order valence-electron chi connectivity index (χ0n) is 13.8. The van der Waals surface area contributed by atoms with Gasteiger partial charge in [-0.25, -0.2) is 9.78 Å². The van der Waals surface area contributed by atoms with Crippen LogP contribution in [0.25, 0.3) is 0 Å². The first-order valence-corrected chi connectivity index (χ1v) is 7.92. The number of carbonyl (C=O) groups excluding carboxylic acids is 1. The zero-order chi connectivity index (χ0) is 17.5. The van der Waals surface area contributed by atoms with Crippen LogP contribution in [0.1, 0.15) is 24.4 Å². The van der Waals surface area contributed by atoms with Gasteiger partial charge in [0, 0.05) is 6.54 Å². The number of rotatable bonds is 6. The van der Waals surface area contributed by atoms with E-state index in [-0.39, 0.29) is 12.1 Å². The molecule has 7 heteroatoms. The van der Waals surface area contributed by atoms with Crippen molar-refractivity contribution in [3.05, 3.63) is 72.3 Å². The minimum Gasteiger partial charge on any atom is -0.457 e. The van der Waals surface area contributed by atoms with Gasteiger partial charge in [-0.2, -0.15) is 5.10 Å². The first-order chi connectivity index (χ1) is 12.2. The summed E-state index contributed by atoms with van der Waals surface area (Å²) in [7, 11) is 0. The van der Waals surface area contributed by atoms with Gasteiger partial charge in [0.15, 0.2) is 0 Å². The third kappa shape index (κ3) is 4.81. The Morgan fingerprint density at radius 3 is 2.72 bits per heavy atom. The van der Waals surface area contributed by atoms with Gasteiger partial charge in [0.05, 0.1) is 6.04 Å². The van der Waals surface area contributed by atoms with Crippen molar-refractivity contribution in [3.8, 4) is 11.5 Å². The van der Waals surface area contributed by atoms with E-state index in [4.69, 9.17) is 4.74 Å². The molecule has 0 aliphatic carbocycles. The van der Waals surface area contributed by atoms with E-state index in [1.54, 1.807) is 0 Å². The highest BCUT2D eigenvalue weighted by atomic mass is 16.5. The molecule has 3 aromatic rings. The first kappa shape index (κ1) is 16.5. The molecule has 0 aliphatic rings. The highest BCUT2D eigenvalue weighted by Gasteiger charge is 2.11. The molecule has 0 aliphatic heterocycles.